The second-order valence-corrected chi connectivity index (χ2v) is 7.54. The van der Waals surface area contributed by atoms with Crippen LogP contribution < -0.4 is 10.6 Å². The molecule has 15 heteroatoms. The Kier molecular flexibility index (Phi) is 7.89. The number of benzene rings is 2. The molecule has 0 saturated carbocycles. The Morgan fingerprint density at radius 3 is 2.22 bits per heavy atom. The van der Waals surface area contributed by atoms with Gasteiger partial charge in [-0.15, -0.1) is 0 Å². The number of nitrogens with zero attached hydrogens (tertiary/aromatic N) is 3. The molecular weight excluding hydrogens is 523 g/mol. The molecule has 0 saturated heterocycles. The Labute approximate surface area is 203 Å². The van der Waals surface area contributed by atoms with Crippen LogP contribution in [0, 0.1) is 5.82 Å². The van der Waals surface area contributed by atoms with Crippen LogP contribution in [-0.2, 0) is 18.9 Å². The minimum atomic E-state index is -4.84. The maximum absolute atomic E-state index is 13.8. The van der Waals surface area contributed by atoms with Crippen LogP contribution in [0.5, 0.6) is 0 Å². The van der Waals surface area contributed by atoms with E-state index in [0.29, 0.717) is 18.2 Å². The summed E-state index contributed by atoms with van der Waals surface area (Å²) in [6, 6.07) is 6.74. The van der Waals surface area contributed by atoms with Gasteiger partial charge in [0, 0.05) is 22.3 Å². The first-order chi connectivity index (χ1) is 16.8. The molecule has 0 aliphatic rings. The number of alkyl halides is 6. The molecule has 1 amide bonds. The molecule has 192 valence electrons. The van der Waals surface area contributed by atoms with E-state index in [2.05, 4.69) is 20.7 Å². The van der Waals surface area contributed by atoms with Gasteiger partial charge in [0.1, 0.15) is 11.6 Å². The number of nitrogens with one attached hydrogen (secondary N) is 2. The lowest BCUT2D eigenvalue weighted by Gasteiger charge is -2.14. The van der Waals surface area contributed by atoms with Gasteiger partial charge in [0.05, 0.1) is 18.7 Å². The summed E-state index contributed by atoms with van der Waals surface area (Å²) in [6.45, 7) is -0.956. The lowest BCUT2D eigenvalue weighted by molar-refractivity contribution is -0.141. The van der Waals surface area contributed by atoms with Gasteiger partial charge in [0.25, 0.3) is 5.91 Å². The van der Waals surface area contributed by atoms with Crippen molar-refractivity contribution in [3.63, 3.8) is 0 Å². The molecule has 1 heterocycles. The number of amides is 1. The molecule has 0 fully saturated rings. The number of aliphatic hydroxyl groups excluding tert-OH is 1. The smallest absolute Gasteiger partial charge is 0.394 e. The molecule has 0 atom stereocenters. The van der Waals surface area contributed by atoms with Crippen molar-refractivity contribution in [3.05, 3.63) is 76.2 Å². The van der Waals surface area contributed by atoms with Gasteiger partial charge < -0.3 is 15.7 Å². The third kappa shape index (κ3) is 6.95. The first kappa shape index (κ1) is 26.9. The quantitative estimate of drug-likeness (QED) is 0.229. The molecule has 0 aliphatic carbocycles. The molecule has 0 bridgehead atoms. The Balaban J connectivity index is 2.00. The number of carbonyl (C=O) groups is 1. The maximum atomic E-state index is 13.8. The number of hydrogen-bond acceptors (Lipinski definition) is 3. The van der Waals surface area contributed by atoms with Crippen LogP contribution >= 0.6 is 11.6 Å². The van der Waals surface area contributed by atoms with E-state index in [9.17, 15) is 35.5 Å². The number of rotatable bonds is 5. The van der Waals surface area contributed by atoms with Gasteiger partial charge in [0.2, 0.25) is 5.96 Å². The number of halogens is 8. The normalized spacial score (nSPS) is 12.5. The Morgan fingerprint density at radius 2 is 1.67 bits per heavy atom. The molecule has 0 spiro atoms. The van der Waals surface area contributed by atoms with Gasteiger partial charge in [-0.2, -0.15) is 36.4 Å². The molecular formula is C21H15ClF7N5O2. The minimum absolute atomic E-state index is 0.0595. The lowest BCUT2D eigenvalue weighted by atomic mass is 10.1. The predicted molar refractivity (Wildman–Crippen MR) is 116 cm³/mol. The van der Waals surface area contributed by atoms with Gasteiger partial charge in [0.15, 0.2) is 5.69 Å². The van der Waals surface area contributed by atoms with Gasteiger partial charge in [-0.3, -0.25) is 4.79 Å². The summed E-state index contributed by atoms with van der Waals surface area (Å²) in [5.74, 6) is -2.76. The average molecular weight is 538 g/mol. The zero-order chi connectivity index (χ0) is 26.7. The van der Waals surface area contributed by atoms with Crippen LogP contribution in [0.2, 0.25) is 5.02 Å². The summed E-state index contributed by atoms with van der Waals surface area (Å²) in [5, 5.41) is 17.3. The van der Waals surface area contributed by atoms with E-state index in [1.54, 1.807) is 0 Å². The standard InChI is InChI=1S/C21H15ClF7N5O2/c22-13-7-14(23)9-15(8-13)30-19(31-17-10-16(21(27,28)29)33-34(17)5-6-35)32-18(36)11-1-3-12(4-2-11)20(24,25)26/h1-4,7-10,35H,5-6H2,(H2,30,31,32,36). The number of aromatic nitrogens is 2. The lowest BCUT2D eigenvalue weighted by Crippen LogP contribution is -2.25. The molecule has 0 aliphatic heterocycles. The van der Waals surface area contributed by atoms with E-state index in [1.165, 1.54) is 6.07 Å². The highest BCUT2D eigenvalue weighted by Gasteiger charge is 2.35. The summed E-state index contributed by atoms with van der Waals surface area (Å²) in [6.07, 6.45) is -9.48. The van der Waals surface area contributed by atoms with Crippen molar-refractivity contribution in [2.45, 2.75) is 18.9 Å². The van der Waals surface area contributed by atoms with Crippen LogP contribution in [0.4, 0.5) is 42.2 Å². The van der Waals surface area contributed by atoms with E-state index >= 15 is 0 Å². The number of carbonyl (C=O) groups excluding carboxylic acids is 1. The molecule has 36 heavy (non-hydrogen) atoms. The van der Waals surface area contributed by atoms with Crippen molar-refractivity contribution in [3.8, 4) is 0 Å². The summed E-state index contributed by atoms with van der Waals surface area (Å²) in [7, 11) is 0. The topological polar surface area (TPSA) is 91.5 Å². The highest BCUT2D eigenvalue weighted by Crippen LogP contribution is 2.31. The first-order valence-electron chi connectivity index (χ1n) is 9.82. The fourth-order valence-corrected chi connectivity index (χ4v) is 3.08. The third-order valence-electron chi connectivity index (χ3n) is 4.43. The Bertz CT molecular complexity index is 1250. The molecule has 0 radical (unpaired) electrons. The van der Waals surface area contributed by atoms with Crippen molar-refractivity contribution in [2.24, 2.45) is 4.99 Å². The predicted octanol–water partition coefficient (Wildman–Crippen LogP) is 5.43. The largest absolute Gasteiger partial charge is 0.435 e. The summed E-state index contributed by atoms with van der Waals surface area (Å²) < 4.78 is 92.3. The second-order valence-electron chi connectivity index (χ2n) is 7.11. The van der Waals surface area contributed by atoms with Crippen LogP contribution in [-0.4, -0.2) is 33.4 Å². The van der Waals surface area contributed by atoms with Crippen LogP contribution in [0.15, 0.2) is 53.5 Å². The monoisotopic (exact) mass is 537 g/mol. The van der Waals surface area contributed by atoms with E-state index in [1.807, 2.05) is 0 Å². The minimum Gasteiger partial charge on any atom is -0.394 e. The molecule has 3 rings (SSSR count). The molecule has 3 aromatic rings. The van der Waals surface area contributed by atoms with E-state index in [-0.39, 0.29) is 28.6 Å². The zero-order valence-corrected chi connectivity index (χ0v) is 18.5. The van der Waals surface area contributed by atoms with Crippen molar-refractivity contribution >= 4 is 35.0 Å². The van der Waals surface area contributed by atoms with E-state index in [4.69, 9.17) is 16.7 Å². The molecule has 3 N–H and O–H groups in total. The molecule has 0 unspecified atom stereocenters. The van der Waals surface area contributed by atoms with Gasteiger partial charge in [-0.1, -0.05) is 11.6 Å². The molecule has 2 aromatic carbocycles. The number of aliphatic imine (C=N–C) groups is 1. The molecule has 1 aromatic heterocycles. The van der Waals surface area contributed by atoms with Gasteiger partial charge in [-0.25, -0.2) is 9.07 Å². The second kappa shape index (κ2) is 10.5. The summed E-state index contributed by atoms with van der Waals surface area (Å²) >= 11 is 5.80. The Morgan fingerprint density at radius 1 is 1.00 bits per heavy atom. The highest BCUT2D eigenvalue weighted by atomic mass is 35.5. The van der Waals surface area contributed by atoms with Crippen LogP contribution in [0.25, 0.3) is 0 Å². The van der Waals surface area contributed by atoms with Crippen molar-refractivity contribution < 1.29 is 40.6 Å². The van der Waals surface area contributed by atoms with Gasteiger partial charge in [-0.05, 0) is 42.5 Å². The number of guanidine groups is 1. The maximum Gasteiger partial charge on any atom is 0.435 e. The summed E-state index contributed by atoms with van der Waals surface area (Å²) in [4.78, 5) is 16.3. The van der Waals surface area contributed by atoms with Crippen LogP contribution in [0.1, 0.15) is 21.6 Å². The fourth-order valence-electron chi connectivity index (χ4n) is 2.86. The average Bonchev–Trinajstić information content (AvgIpc) is 3.15. The highest BCUT2D eigenvalue weighted by molar-refractivity contribution is 6.31. The van der Waals surface area contributed by atoms with E-state index < -0.39 is 47.9 Å². The summed E-state index contributed by atoms with van der Waals surface area (Å²) in [5.41, 5.74) is -2.67. The zero-order valence-electron chi connectivity index (χ0n) is 17.8. The number of anilines is 2. The van der Waals surface area contributed by atoms with Crippen molar-refractivity contribution in [2.75, 3.05) is 17.2 Å². The molecule has 7 nitrogen and oxygen atoms in total. The number of hydrogen-bond donors (Lipinski definition) is 3. The van der Waals surface area contributed by atoms with E-state index in [0.717, 1.165) is 28.9 Å². The fraction of sp³-hybridized carbons (Fsp3) is 0.190. The SMILES string of the molecule is O=C(/N=C(/Nc1cc(F)cc(Cl)c1)Nc1cc(C(F)(F)F)nn1CCO)c1ccc(C(F)(F)F)cc1. The number of aliphatic hydroxyl groups is 1. The van der Waals surface area contributed by atoms with Crippen molar-refractivity contribution in [1.82, 2.24) is 9.78 Å². The van der Waals surface area contributed by atoms with Crippen molar-refractivity contribution in [1.29, 1.82) is 0 Å². The van der Waals surface area contributed by atoms with Crippen LogP contribution in [0.3, 0.4) is 0 Å². The third-order valence-corrected chi connectivity index (χ3v) is 4.64. The van der Waals surface area contributed by atoms with Gasteiger partial charge >= 0.3 is 12.4 Å². The Hall–Kier alpha value is -3.65. The first-order valence-corrected chi connectivity index (χ1v) is 10.2.